The van der Waals surface area contributed by atoms with Crippen LogP contribution < -0.4 is 15.1 Å². The maximum Gasteiger partial charge on any atom is 0.416 e. The number of urea groups is 1. The number of carbonyl (C=O) groups is 1. The third-order valence-electron chi connectivity index (χ3n) is 5.75. The lowest BCUT2D eigenvalue weighted by molar-refractivity contribution is -0.137. The van der Waals surface area contributed by atoms with Gasteiger partial charge in [-0.2, -0.15) is 13.2 Å². The molecule has 1 unspecified atom stereocenters. The van der Waals surface area contributed by atoms with Gasteiger partial charge in [-0.15, -0.1) is 0 Å². The lowest BCUT2D eigenvalue weighted by Gasteiger charge is -2.37. The fraction of sp³-hybridized carbons (Fsp3) is 0.217. The highest BCUT2D eigenvalue weighted by atomic mass is 19.4. The Morgan fingerprint density at radius 1 is 1.00 bits per heavy atom. The molecule has 3 heterocycles. The number of anilines is 3. The maximum atomic E-state index is 13.2. The van der Waals surface area contributed by atoms with Crippen LogP contribution in [0.3, 0.4) is 0 Å². The molecule has 0 saturated carbocycles. The van der Waals surface area contributed by atoms with E-state index in [9.17, 15) is 18.0 Å². The highest BCUT2D eigenvalue weighted by Crippen LogP contribution is 2.43. The maximum absolute atomic E-state index is 13.2. The summed E-state index contributed by atoms with van der Waals surface area (Å²) in [7, 11) is 0. The molecular weight excluding hydrogens is 405 g/mol. The number of nitrogens with one attached hydrogen (secondary N) is 1. The number of pyridine rings is 1. The van der Waals surface area contributed by atoms with E-state index in [1.807, 2.05) is 12.1 Å². The SMILES string of the molecule is O=C(Nc1ccccn1)N1c2cc(-c3cccc(C(F)(F)F)c3)ccc2N2CCC1C2. The second kappa shape index (κ2) is 7.30. The minimum Gasteiger partial charge on any atom is -0.368 e. The van der Waals surface area contributed by atoms with E-state index in [-0.39, 0.29) is 12.1 Å². The Balaban J connectivity index is 1.54. The number of hydrogen-bond donors (Lipinski definition) is 1. The van der Waals surface area contributed by atoms with Gasteiger partial charge in [0, 0.05) is 19.3 Å². The first-order valence-electron chi connectivity index (χ1n) is 9.98. The highest BCUT2D eigenvalue weighted by Gasteiger charge is 2.39. The lowest BCUT2D eigenvalue weighted by atomic mass is 10.00. The Labute approximate surface area is 177 Å². The van der Waals surface area contributed by atoms with Gasteiger partial charge in [-0.05, 0) is 53.9 Å². The normalized spacial score (nSPS) is 17.5. The standard InChI is InChI=1S/C23H19F3N4O/c24-23(25,26)17-5-3-4-15(12-17)16-7-8-19-20(13-16)30(18-9-11-29(19)14-18)22(31)28-21-6-1-2-10-27-21/h1-8,10,12-13,18H,9,11,14H2,(H,27,28,31). The molecule has 1 aromatic heterocycles. The van der Waals surface area contributed by atoms with Crippen molar-refractivity contribution in [3.05, 3.63) is 72.4 Å². The second-order valence-corrected chi connectivity index (χ2v) is 7.69. The van der Waals surface area contributed by atoms with Crippen LogP contribution in [-0.4, -0.2) is 30.1 Å². The van der Waals surface area contributed by atoms with Crippen molar-refractivity contribution in [2.75, 3.05) is 28.2 Å². The van der Waals surface area contributed by atoms with Crippen molar-refractivity contribution in [1.29, 1.82) is 0 Å². The molecular formula is C23H19F3N4O. The Hall–Kier alpha value is -3.55. The molecule has 2 aliphatic rings. The van der Waals surface area contributed by atoms with Gasteiger partial charge in [0.25, 0.3) is 0 Å². The molecule has 2 aliphatic heterocycles. The van der Waals surface area contributed by atoms with Crippen LogP contribution in [0, 0.1) is 0 Å². The molecule has 31 heavy (non-hydrogen) atoms. The monoisotopic (exact) mass is 424 g/mol. The first-order chi connectivity index (χ1) is 14.9. The summed E-state index contributed by atoms with van der Waals surface area (Å²) < 4.78 is 39.5. The molecule has 3 aromatic rings. The predicted molar refractivity (Wildman–Crippen MR) is 113 cm³/mol. The number of fused-ring (bicyclic) bond motifs is 4. The molecule has 2 bridgehead atoms. The van der Waals surface area contributed by atoms with Crippen molar-refractivity contribution in [3.8, 4) is 11.1 Å². The van der Waals surface area contributed by atoms with Crippen molar-refractivity contribution < 1.29 is 18.0 Å². The molecule has 2 amide bonds. The van der Waals surface area contributed by atoms with Gasteiger partial charge in [0.05, 0.1) is 23.0 Å². The number of aromatic nitrogens is 1. The van der Waals surface area contributed by atoms with Gasteiger partial charge < -0.3 is 4.90 Å². The fourth-order valence-electron chi connectivity index (χ4n) is 4.29. The van der Waals surface area contributed by atoms with E-state index in [0.717, 1.165) is 37.3 Å². The first-order valence-corrected chi connectivity index (χ1v) is 9.98. The van der Waals surface area contributed by atoms with E-state index < -0.39 is 11.7 Å². The molecule has 5 nitrogen and oxygen atoms in total. The molecule has 1 fully saturated rings. The summed E-state index contributed by atoms with van der Waals surface area (Å²) in [6.07, 6.45) is -1.99. The van der Waals surface area contributed by atoms with Crippen LogP contribution in [0.5, 0.6) is 0 Å². The largest absolute Gasteiger partial charge is 0.416 e. The zero-order valence-corrected chi connectivity index (χ0v) is 16.4. The number of benzene rings is 2. The Kier molecular flexibility index (Phi) is 4.57. The number of hydrogen-bond acceptors (Lipinski definition) is 3. The first kappa shape index (κ1) is 19.4. The molecule has 1 atom stereocenters. The predicted octanol–water partition coefficient (Wildman–Crippen LogP) is 5.40. The van der Waals surface area contributed by atoms with Crippen LogP contribution in [-0.2, 0) is 6.18 Å². The summed E-state index contributed by atoms with van der Waals surface area (Å²) in [5, 5.41) is 2.83. The second-order valence-electron chi connectivity index (χ2n) is 7.69. The summed E-state index contributed by atoms with van der Waals surface area (Å²) in [4.78, 5) is 21.2. The van der Waals surface area contributed by atoms with Crippen LogP contribution in [0.4, 0.5) is 35.2 Å². The summed E-state index contributed by atoms with van der Waals surface area (Å²) in [5.41, 5.74) is 1.98. The van der Waals surface area contributed by atoms with Crippen molar-refractivity contribution in [1.82, 2.24) is 4.98 Å². The van der Waals surface area contributed by atoms with E-state index in [0.29, 0.717) is 22.6 Å². The van der Waals surface area contributed by atoms with Gasteiger partial charge in [0.2, 0.25) is 0 Å². The average molecular weight is 424 g/mol. The molecule has 0 radical (unpaired) electrons. The van der Waals surface area contributed by atoms with E-state index in [1.165, 1.54) is 6.07 Å². The fourth-order valence-corrected chi connectivity index (χ4v) is 4.29. The van der Waals surface area contributed by atoms with Gasteiger partial charge in [0.15, 0.2) is 0 Å². The quantitative estimate of drug-likeness (QED) is 0.599. The van der Waals surface area contributed by atoms with Crippen LogP contribution in [0.25, 0.3) is 11.1 Å². The Morgan fingerprint density at radius 2 is 1.84 bits per heavy atom. The zero-order chi connectivity index (χ0) is 21.6. The van der Waals surface area contributed by atoms with E-state index in [1.54, 1.807) is 41.4 Å². The summed E-state index contributed by atoms with van der Waals surface area (Å²) in [5.74, 6) is 0.448. The average Bonchev–Trinajstić information content (AvgIpc) is 3.18. The van der Waals surface area contributed by atoms with E-state index in [4.69, 9.17) is 0 Å². The minimum atomic E-state index is -4.41. The summed E-state index contributed by atoms with van der Waals surface area (Å²) >= 11 is 0. The van der Waals surface area contributed by atoms with Gasteiger partial charge in [-0.3, -0.25) is 10.2 Å². The van der Waals surface area contributed by atoms with Crippen molar-refractivity contribution in [2.24, 2.45) is 0 Å². The van der Waals surface area contributed by atoms with Gasteiger partial charge in [0.1, 0.15) is 5.82 Å². The molecule has 5 rings (SSSR count). The zero-order valence-electron chi connectivity index (χ0n) is 16.4. The van der Waals surface area contributed by atoms with Gasteiger partial charge >= 0.3 is 12.2 Å². The molecule has 0 aliphatic carbocycles. The molecule has 0 spiro atoms. The number of halogens is 3. The van der Waals surface area contributed by atoms with Crippen molar-refractivity contribution in [3.63, 3.8) is 0 Å². The summed E-state index contributed by atoms with van der Waals surface area (Å²) in [6, 6.07) is 15.7. The summed E-state index contributed by atoms with van der Waals surface area (Å²) in [6.45, 7) is 1.56. The number of nitrogens with zero attached hydrogens (tertiary/aromatic N) is 3. The number of carbonyl (C=O) groups excluding carboxylic acids is 1. The van der Waals surface area contributed by atoms with E-state index >= 15 is 0 Å². The smallest absolute Gasteiger partial charge is 0.368 e. The number of alkyl halides is 3. The third-order valence-corrected chi connectivity index (χ3v) is 5.75. The molecule has 2 aromatic carbocycles. The Bertz CT molecular complexity index is 1130. The molecule has 8 heteroatoms. The minimum absolute atomic E-state index is 0.00651. The number of amides is 2. The molecule has 1 N–H and O–H groups in total. The van der Waals surface area contributed by atoms with E-state index in [2.05, 4.69) is 15.2 Å². The molecule has 158 valence electrons. The molecule has 1 saturated heterocycles. The lowest BCUT2D eigenvalue weighted by Crippen LogP contribution is -2.47. The van der Waals surface area contributed by atoms with Crippen LogP contribution in [0.15, 0.2) is 66.9 Å². The third kappa shape index (κ3) is 3.58. The number of rotatable bonds is 2. The van der Waals surface area contributed by atoms with Crippen molar-refractivity contribution in [2.45, 2.75) is 18.6 Å². The van der Waals surface area contributed by atoms with Crippen LogP contribution in [0.2, 0.25) is 0 Å². The van der Waals surface area contributed by atoms with Crippen LogP contribution in [0.1, 0.15) is 12.0 Å². The van der Waals surface area contributed by atoms with Crippen LogP contribution >= 0.6 is 0 Å². The Morgan fingerprint density at radius 3 is 2.61 bits per heavy atom. The highest BCUT2D eigenvalue weighted by molar-refractivity contribution is 6.05. The van der Waals surface area contributed by atoms with Crippen molar-refractivity contribution >= 4 is 23.2 Å². The topological polar surface area (TPSA) is 48.5 Å². The van der Waals surface area contributed by atoms with Gasteiger partial charge in [-0.25, -0.2) is 9.78 Å². The van der Waals surface area contributed by atoms with Gasteiger partial charge in [-0.1, -0.05) is 24.3 Å².